The van der Waals surface area contributed by atoms with Crippen molar-refractivity contribution in [3.8, 4) is 0 Å². The van der Waals surface area contributed by atoms with Crippen molar-refractivity contribution in [2.75, 3.05) is 12.8 Å². The molecule has 2 rings (SSSR count). The zero-order chi connectivity index (χ0) is 13.1. The first kappa shape index (κ1) is 13.9. The molecule has 0 aromatic heterocycles. The highest BCUT2D eigenvalue weighted by Crippen LogP contribution is 2.30. The Morgan fingerprint density at radius 3 is 2.78 bits per heavy atom. The number of hydrogen-bond acceptors (Lipinski definition) is 2. The van der Waals surface area contributed by atoms with Crippen LogP contribution < -0.4 is 5.73 Å². The van der Waals surface area contributed by atoms with Crippen molar-refractivity contribution in [3.05, 3.63) is 28.2 Å². The molecule has 0 heterocycles. The van der Waals surface area contributed by atoms with Crippen molar-refractivity contribution in [3.63, 3.8) is 0 Å². The van der Waals surface area contributed by atoms with Crippen molar-refractivity contribution in [2.45, 2.75) is 45.2 Å². The maximum atomic E-state index is 5.94. The van der Waals surface area contributed by atoms with Crippen LogP contribution in [0.15, 0.2) is 22.7 Å². The number of rotatable bonds is 3. The summed E-state index contributed by atoms with van der Waals surface area (Å²) in [6.45, 7) is 3.36. The summed E-state index contributed by atoms with van der Waals surface area (Å²) in [5.74, 6) is 0.809. The molecule has 100 valence electrons. The van der Waals surface area contributed by atoms with Gasteiger partial charge in [0.1, 0.15) is 0 Å². The Bertz CT molecular complexity index is 405. The minimum Gasteiger partial charge on any atom is -0.398 e. The molecule has 1 aliphatic rings. The topological polar surface area (TPSA) is 29.3 Å². The van der Waals surface area contributed by atoms with Crippen LogP contribution in [-0.4, -0.2) is 18.0 Å². The molecule has 2 nitrogen and oxygen atoms in total. The number of hydrogen-bond donors (Lipinski definition) is 1. The van der Waals surface area contributed by atoms with Gasteiger partial charge in [0.05, 0.1) is 0 Å². The van der Waals surface area contributed by atoms with Gasteiger partial charge < -0.3 is 5.73 Å². The van der Waals surface area contributed by atoms with Gasteiger partial charge in [-0.15, -0.1) is 0 Å². The van der Waals surface area contributed by atoms with Gasteiger partial charge in [-0.1, -0.05) is 31.9 Å². The molecule has 0 radical (unpaired) electrons. The van der Waals surface area contributed by atoms with Crippen LogP contribution in [0.5, 0.6) is 0 Å². The van der Waals surface area contributed by atoms with E-state index in [9.17, 15) is 0 Å². The van der Waals surface area contributed by atoms with E-state index in [4.69, 9.17) is 5.73 Å². The Morgan fingerprint density at radius 1 is 1.33 bits per heavy atom. The average Bonchev–Trinajstić information content (AvgIpc) is 2.35. The van der Waals surface area contributed by atoms with Crippen molar-refractivity contribution in [1.29, 1.82) is 0 Å². The predicted molar refractivity (Wildman–Crippen MR) is 81.4 cm³/mol. The number of benzene rings is 1. The van der Waals surface area contributed by atoms with Crippen LogP contribution in [0.1, 0.15) is 38.2 Å². The number of nitrogen functional groups attached to an aromatic ring is 1. The third-order valence-corrected chi connectivity index (χ3v) is 5.13. The Hall–Kier alpha value is -0.540. The van der Waals surface area contributed by atoms with Crippen molar-refractivity contribution in [1.82, 2.24) is 4.90 Å². The Labute approximate surface area is 119 Å². The van der Waals surface area contributed by atoms with Crippen LogP contribution in [0.25, 0.3) is 0 Å². The van der Waals surface area contributed by atoms with E-state index in [1.54, 1.807) is 0 Å². The van der Waals surface area contributed by atoms with Gasteiger partial charge in [-0.3, -0.25) is 4.90 Å². The molecule has 18 heavy (non-hydrogen) atoms. The van der Waals surface area contributed by atoms with Gasteiger partial charge >= 0.3 is 0 Å². The van der Waals surface area contributed by atoms with Crippen molar-refractivity contribution in [2.24, 2.45) is 5.92 Å². The number of nitrogens with two attached hydrogens (primary N) is 1. The lowest BCUT2D eigenvalue weighted by Crippen LogP contribution is -2.38. The SMILES string of the molecule is CC1CCCCC1N(C)Cc1cccc(N)c1Br. The molecule has 1 saturated carbocycles. The molecule has 1 fully saturated rings. The zero-order valence-corrected chi connectivity index (χ0v) is 12.9. The third-order valence-electron chi connectivity index (χ3n) is 4.16. The fourth-order valence-electron chi connectivity index (χ4n) is 3.06. The van der Waals surface area contributed by atoms with E-state index in [1.165, 1.54) is 31.2 Å². The van der Waals surface area contributed by atoms with Gasteiger partial charge in [0, 0.05) is 22.7 Å². The van der Waals surface area contributed by atoms with Gasteiger partial charge in [0.15, 0.2) is 0 Å². The maximum absolute atomic E-state index is 5.94. The summed E-state index contributed by atoms with van der Waals surface area (Å²) < 4.78 is 1.06. The van der Waals surface area contributed by atoms with Crippen LogP contribution in [0.4, 0.5) is 5.69 Å². The lowest BCUT2D eigenvalue weighted by Gasteiger charge is -2.36. The van der Waals surface area contributed by atoms with E-state index in [0.717, 1.165) is 22.6 Å². The van der Waals surface area contributed by atoms with Crippen LogP contribution in [0, 0.1) is 5.92 Å². The highest BCUT2D eigenvalue weighted by atomic mass is 79.9. The second kappa shape index (κ2) is 6.07. The van der Waals surface area contributed by atoms with E-state index in [0.29, 0.717) is 6.04 Å². The molecule has 2 N–H and O–H groups in total. The normalized spacial score (nSPS) is 24.4. The quantitative estimate of drug-likeness (QED) is 0.854. The molecule has 1 aromatic rings. The lowest BCUT2D eigenvalue weighted by atomic mass is 9.85. The summed E-state index contributed by atoms with van der Waals surface area (Å²) in [4.78, 5) is 2.49. The van der Waals surface area contributed by atoms with E-state index in [1.807, 2.05) is 12.1 Å². The summed E-state index contributed by atoms with van der Waals surface area (Å²) in [5, 5.41) is 0. The summed E-state index contributed by atoms with van der Waals surface area (Å²) in [5.41, 5.74) is 8.06. The second-order valence-electron chi connectivity index (χ2n) is 5.56. The van der Waals surface area contributed by atoms with Crippen LogP contribution >= 0.6 is 15.9 Å². The van der Waals surface area contributed by atoms with Gasteiger partial charge in [-0.25, -0.2) is 0 Å². The summed E-state index contributed by atoms with van der Waals surface area (Å²) in [6, 6.07) is 6.85. The minimum absolute atomic E-state index is 0.715. The first-order valence-electron chi connectivity index (χ1n) is 6.82. The summed E-state index contributed by atoms with van der Waals surface area (Å²) >= 11 is 3.60. The molecular formula is C15H23BrN2. The van der Waals surface area contributed by atoms with Crippen molar-refractivity contribution < 1.29 is 0 Å². The average molecular weight is 311 g/mol. The molecule has 3 heteroatoms. The highest BCUT2D eigenvalue weighted by Gasteiger charge is 2.25. The predicted octanol–water partition coefficient (Wildman–Crippen LogP) is 4.04. The maximum Gasteiger partial charge on any atom is 0.0461 e. The van der Waals surface area contributed by atoms with Gasteiger partial charge in [0.25, 0.3) is 0 Å². The molecule has 2 atom stereocenters. The Balaban J connectivity index is 2.06. The van der Waals surface area contributed by atoms with Gasteiger partial charge in [-0.05, 0) is 53.4 Å². The third kappa shape index (κ3) is 3.07. The summed E-state index contributed by atoms with van der Waals surface area (Å²) in [7, 11) is 2.24. The van der Waals surface area contributed by atoms with E-state index >= 15 is 0 Å². The summed E-state index contributed by atoms with van der Waals surface area (Å²) in [6.07, 6.45) is 5.47. The van der Waals surface area contributed by atoms with Gasteiger partial charge in [0.2, 0.25) is 0 Å². The molecule has 1 aliphatic carbocycles. The number of halogens is 1. The number of nitrogens with zero attached hydrogens (tertiary/aromatic N) is 1. The van der Waals surface area contributed by atoms with Crippen LogP contribution in [0.2, 0.25) is 0 Å². The standard InChI is InChI=1S/C15H23BrN2/c1-11-6-3-4-9-14(11)18(2)10-12-7-5-8-13(17)15(12)16/h5,7-8,11,14H,3-4,6,9-10,17H2,1-2H3. The minimum atomic E-state index is 0.715. The smallest absolute Gasteiger partial charge is 0.0461 e. The molecule has 0 saturated heterocycles. The molecule has 1 aromatic carbocycles. The largest absolute Gasteiger partial charge is 0.398 e. The van der Waals surface area contributed by atoms with E-state index in [-0.39, 0.29) is 0 Å². The van der Waals surface area contributed by atoms with Crippen LogP contribution in [-0.2, 0) is 6.54 Å². The molecule has 0 spiro atoms. The molecule has 2 unspecified atom stereocenters. The molecule has 0 aliphatic heterocycles. The lowest BCUT2D eigenvalue weighted by molar-refractivity contribution is 0.133. The monoisotopic (exact) mass is 310 g/mol. The molecule has 0 bridgehead atoms. The molecular weight excluding hydrogens is 288 g/mol. The first-order valence-corrected chi connectivity index (χ1v) is 7.62. The van der Waals surface area contributed by atoms with Gasteiger partial charge in [-0.2, -0.15) is 0 Å². The van der Waals surface area contributed by atoms with E-state index < -0.39 is 0 Å². The Morgan fingerprint density at radius 2 is 2.06 bits per heavy atom. The van der Waals surface area contributed by atoms with Crippen LogP contribution in [0.3, 0.4) is 0 Å². The fourth-order valence-corrected chi connectivity index (χ4v) is 3.45. The molecule has 0 amide bonds. The first-order chi connectivity index (χ1) is 8.59. The highest BCUT2D eigenvalue weighted by molar-refractivity contribution is 9.10. The second-order valence-corrected chi connectivity index (χ2v) is 6.36. The number of anilines is 1. The zero-order valence-electron chi connectivity index (χ0n) is 11.3. The fraction of sp³-hybridized carbons (Fsp3) is 0.600. The van der Waals surface area contributed by atoms with E-state index in [2.05, 4.69) is 40.9 Å². The van der Waals surface area contributed by atoms with Crippen molar-refractivity contribution >= 4 is 21.6 Å². The Kier molecular flexibility index (Phi) is 4.68.